The van der Waals surface area contributed by atoms with Crippen LogP contribution in [0.1, 0.15) is 38.5 Å². The molecular weight excluding hydrogens is 224 g/mol. The van der Waals surface area contributed by atoms with E-state index in [0.717, 1.165) is 18.8 Å². The van der Waals surface area contributed by atoms with Crippen molar-refractivity contribution in [3.05, 3.63) is 12.4 Å². The number of anilines is 1. The van der Waals surface area contributed by atoms with Gasteiger partial charge in [-0.3, -0.25) is 4.68 Å². The third-order valence-corrected chi connectivity index (χ3v) is 4.58. The molecule has 1 spiro atoms. The predicted molar refractivity (Wildman–Crippen MR) is 73.2 cm³/mol. The highest BCUT2D eigenvalue weighted by molar-refractivity contribution is 5.30. The normalized spacial score (nSPS) is 23.8. The van der Waals surface area contributed by atoms with Gasteiger partial charge in [0.2, 0.25) is 0 Å². The van der Waals surface area contributed by atoms with Crippen molar-refractivity contribution < 1.29 is 0 Å². The van der Waals surface area contributed by atoms with Crippen LogP contribution in [0.15, 0.2) is 12.4 Å². The van der Waals surface area contributed by atoms with Crippen LogP contribution in [0.3, 0.4) is 0 Å². The summed E-state index contributed by atoms with van der Waals surface area (Å²) in [6, 6.07) is 0. The Labute approximate surface area is 109 Å². The first-order chi connectivity index (χ1) is 8.76. The van der Waals surface area contributed by atoms with Crippen LogP contribution in [0.4, 0.5) is 5.69 Å². The van der Waals surface area contributed by atoms with Gasteiger partial charge in [-0.1, -0.05) is 25.7 Å². The molecule has 1 aliphatic heterocycles. The molecule has 2 N–H and O–H groups in total. The van der Waals surface area contributed by atoms with Gasteiger partial charge in [0.1, 0.15) is 0 Å². The van der Waals surface area contributed by atoms with Gasteiger partial charge in [0.25, 0.3) is 0 Å². The first-order valence-corrected chi connectivity index (χ1v) is 7.26. The van der Waals surface area contributed by atoms with E-state index in [1.807, 2.05) is 10.9 Å². The lowest BCUT2D eigenvalue weighted by Gasteiger charge is -2.50. The molecular formula is C14H24N4. The minimum atomic E-state index is 0.680. The first-order valence-electron chi connectivity index (χ1n) is 7.26. The molecule has 100 valence electrons. The van der Waals surface area contributed by atoms with Crippen LogP contribution >= 0.6 is 0 Å². The highest BCUT2D eigenvalue weighted by atomic mass is 15.3. The van der Waals surface area contributed by atoms with Crippen LogP contribution < -0.4 is 5.73 Å². The van der Waals surface area contributed by atoms with Gasteiger partial charge in [0.15, 0.2) is 0 Å². The van der Waals surface area contributed by atoms with Gasteiger partial charge in [-0.15, -0.1) is 0 Å². The molecule has 0 amide bonds. The van der Waals surface area contributed by atoms with Crippen molar-refractivity contribution in [2.75, 3.05) is 25.4 Å². The Balaban J connectivity index is 1.44. The van der Waals surface area contributed by atoms with Crippen molar-refractivity contribution in [2.45, 2.75) is 45.1 Å². The fourth-order valence-electron chi connectivity index (χ4n) is 3.60. The summed E-state index contributed by atoms with van der Waals surface area (Å²) in [6.07, 6.45) is 12.4. The number of likely N-dealkylation sites (tertiary alicyclic amines) is 1. The zero-order chi connectivity index (χ0) is 12.4. The van der Waals surface area contributed by atoms with Gasteiger partial charge in [0.05, 0.1) is 18.4 Å². The molecule has 1 aromatic heterocycles. The fraction of sp³-hybridized carbons (Fsp3) is 0.786. The Kier molecular flexibility index (Phi) is 3.29. The monoisotopic (exact) mass is 248 g/mol. The maximum absolute atomic E-state index is 5.66. The SMILES string of the molecule is Nc1cnn(CCN2CC3(CCCCCC3)C2)c1. The number of hydrogen-bond donors (Lipinski definition) is 1. The third kappa shape index (κ3) is 2.53. The summed E-state index contributed by atoms with van der Waals surface area (Å²) in [4.78, 5) is 2.57. The van der Waals surface area contributed by atoms with Gasteiger partial charge in [-0.05, 0) is 18.3 Å². The van der Waals surface area contributed by atoms with E-state index in [1.54, 1.807) is 6.20 Å². The lowest BCUT2D eigenvalue weighted by Crippen LogP contribution is -2.56. The molecule has 2 aliphatic rings. The minimum absolute atomic E-state index is 0.680. The lowest BCUT2D eigenvalue weighted by atomic mass is 9.73. The third-order valence-electron chi connectivity index (χ3n) is 4.58. The van der Waals surface area contributed by atoms with E-state index < -0.39 is 0 Å². The number of aromatic nitrogens is 2. The predicted octanol–water partition coefficient (Wildman–Crippen LogP) is 2.12. The number of hydrogen-bond acceptors (Lipinski definition) is 3. The molecule has 18 heavy (non-hydrogen) atoms. The fourth-order valence-corrected chi connectivity index (χ4v) is 3.60. The summed E-state index contributed by atoms with van der Waals surface area (Å²) >= 11 is 0. The van der Waals surface area contributed by atoms with Crippen molar-refractivity contribution >= 4 is 5.69 Å². The average Bonchev–Trinajstić information content (AvgIpc) is 2.60. The average molecular weight is 248 g/mol. The summed E-state index contributed by atoms with van der Waals surface area (Å²) in [6.45, 7) is 4.70. The first kappa shape index (κ1) is 12.0. The number of nitrogens with two attached hydrogens (primary N) is 1. The van der Waals surface area contributed by atoms with Crippen molar-refractivity contribution in [1.82, 2.24) is 14.7 Å². The smallest absolute Gasteiger partial charge is 0.0719 e. The Morgan fingerprint density at radius 2 is 1.83 bits per heavy atom. The summed E-state index contributed by atoms with van der Waals surface area (Å²) < 4.78 is 1.95. The largest absolute Gasteiger partial charge is 0.396 e. The van der Waals surface area contributed by atoms with Gasteiger partial charge < -0.3 is 10.6 Å². The van der Waals surface area contributed by atoms with E-state index in [0.29, 0.717) is 5.41 Å². The Morgan fingerprint density at radius 1 is 1.11 bits per heavy atom. The van der Waals surface area contributed by atoms with Crippen LogP contribution in [-0.2, 0) is 6.54 Å². The van der Waals surface area contributed by atoms with E-state index in [9.17, 15) is 0 Å². The molecule has 0 unspecified atom stereocenters. The summed E-state index contributed by atoms with van der Waals surface area (Å²) in [5.74, 6) is 0. The molecule has 1 saturated heterocycles. The summed E-state index contributed by atoms with van der Waals surface area (Å²) in [5.41, 5.74) is 7.11. The van der Waals surface area contributed by atoms with Crippen LogP contribution in [0.2, 0.25) is 0 Å². The molecule has 3 rings (SSSR count). The molecule has 4 heteroatoms. The summed E-state index contributed by atoms with van der Waals surface area (Å²) in [7, 11) is 0. The number of nitrogen functional groups attached to an aromatic ring is 1. The molecule has 2 heterocycles. The second kappa shape index (κ2) is 4.92. The second-order valence-electron chi connectivity index (χ2n) is 6.16. The van der Waals surface area contributed by atoms with E-state index in [4.69, 9.17) is 5.73 Å². The Morgan fingerprint density at radius 3 is 2.44 bits per heavy atom. The van der Waals surface area contributed by atoms with Crippen molar-refractivity contribution in [1.29, 1.82) is 0 Å². The molecule has 0 radical (unpaired) electrons. The minimum Gasteiger partial charge on any atom is -0.396 e. The Hall–Kier alpha value is -1.03. The van der Waals surface area contributed by atoms with E-state index in [1.165, 1.54) is 51.6 Å². The second-order valence-corrected chi connectivity index (χ2v) is 6.16. The standard InChI is InChI=1S/C14H24N4/c15-13-9-16-18(10-13)8-7-17-11-14(12-17)5-3-1-2-4-6-14/h9-10H,1-8,11-12,15H2. The van der Waals surface area contributed by atoms with Crippen LogP contribution in [0, 0.1) is 5.41 Å². The van der Waals surface area contributed by atoms with Crippen LogP contribution in [0.5, 0.6) is 0 Å². The molecule has 1 aliphatic carbocycles. The van der Waals surface area contributed by atoms with Crippen molar-refractivity contribution in [3.8, 4) is 0 Å². The van der Waals surface area contributed by atoms with Gasteiger partial charge in [-0.25, -0.2) is 0 Å². The molecule has 0 atom stereocenters. The van der Waals surface area contributed by atoms with Gasteiger partial charge >= 0.3 is 0 Å². The molecule has 1 aromatic rings. The molecule has 4 nitrogen and oxygen atoms in total. The summed E-state index contributed by atoms with van der Waals surface area (Å²) in [5, 5.41) is 4.23. The highest BCUT2D eigenvalue weighted by Crippen LogP contribution is 2.42. The maximum Gasteiger partial charge on any atom is 0.0719 e. The molecule has 1 saturated carbocycles. The molecule has 0 bridgehead atoms. The topological polar surface area (TPSA) is 47.1 Å². The van der Waals surface area contributed by atoms with Gasteiger partial charge in [0, 0.05) is 25.8 Å². The number of nitrogens with zero attached hydrogens (tertiary/aromatic N) is 3. The number of rotatable bonds is 3. The zero-order valence-corrected chi connectivity index (χ0v) is 11.1. The van der Waals surface area contributed by atoms with Crippen molar-refractivity contribution in [3.63, 3.8) is 0 Å². The van der Waals surface area contributed by atoms with Crippen LogP contribution in [-0.4, -0.2) is 34.3 Å². The van der Waals surface area contributed by atoms with Crippen molar-refractivity contribution in [2.24, 2.45) is 5.41 Å². The van der Waals surface area contributed by atoms with E-state index in [-0.39, 0.29) is 0 Å². The Bertz CT molecular complexity index is 382. The highest BCUT2D eigenvalue weighted by Gasteiger charge is 2.41. The maximum atomic E-state index is 5.66. The molecule has 2 fully saturated rings. The zero-order valence-electron chi connectivity index (χ0n) is 11.1. The van der Waals surface area contributed by atoms with E-state index >= 15 is 0 Å². The molecule has 0 aromatic carbocycles. The lowest BCUT2D eigenvalue weighted by molar-refractivity contribution is -0.0140. The van der Waals surface area contributed by atoms with Crippen LogP contribution in [0.25, 0.3) is 0 Å². The van der Waals surface area contributed by atoms with Gasteiger partial charge in [-0.2, -0.15) is 5.10 Å². The van der Waals surface area contributed by atoms with E-state index in [2.05, 4.69) is 10.00 Å². The quantitative estimate of drug-likeness (QED) is 0.891.